The van der Waals surface area contributed by atoms with Crippen LogP contribution in [0.5, 0.6) is 5.75 Å². The zero-order valence-corrected chi connectivity index (χ0v) is 8.52. The summed E-state index contributed by atoms with van der Waals surface area (Å²) in [5.41, 5.74) is 0.812. The number of allylic oxidation sites excluding steroid dienone is 1. The van der Waals surface area contributed by atoms with Crippen molar-refractivity contribution in [1.82, 2.24) is 0 Å². The molecule has 13 heavy (non-hydrogen) atoms. The summed E-state index contributed by atoms with van der Waals surface area (Å²) < 4.78 is 0. The van der Waals surface area contributed by atoms with Gasteiger partial charge in [-0.25, -0.2) is 0 Å². The molecule has 0 aromatic heterocycles. The Morgan fingerprint density at radius 1 is 1.38 bits per heavy atom. The predicted molar refractivity (Wildman–Crippen MR) is 57.5 cm³/mol. The Morgan fingerprint density at radius 3 is 2.85 bits per heavy atom. The van der Waals surface area contributed by atoms with Crippen molar-refractivity contribution in [3.8, 4) is 5.75 Å². The molecule has 0 aliphatic rings. The van der Waals surface area contributed by atoms with Crippen LogP contribution in [0.1, 0.15) is 12.0 Å². The fraction of sp³-hybridized carbons (Fsp3) is 0.200. The topological polar surface area (TPSA) is 20.2 Å². The van der Waals surface area contributed by atoms with E-state index in [1.54, 1.807) is 12.1 Å². The normalized spacial score (nSPS) is 10.9. The summed E-state index contributed by atoms with van der Waals surface area (Å²) >= 11 is 11.3. The maximum absolute atomic E-state index is 9.26. The minimum atomic E-state index is 0.106. The molecule has 3 heteroatoms. The first-order valence-electron chi connectivity index (χ1n) is 3.95. The SMILES string of the molecule is Oc1cccc(C=CCCCl)c1Cl. The van der Waals surface area contributed by atoms with Crippen molar-refractivity contribution in [3.05, 3.63) is 34.9 Å². The quantitative estimate of drug-likeness (QED) is 0.765. The van der Waals surface area contributed by atoms with Crippen LogP contribution in [0.4, 0.5) is 0 Å². The Bertz CT molecular complexity index is 308. The van der Waals surface area contributed by atoms with Crippen molar-refractivity contribution in [1.29, 1.82) is 0 Å². The van der Waals surface area contributed by atoms with Crippen molar-refractivity contribution in [3.63, 3.8) is 0 Å². The number of alkyl halides is 1. The summed E-state index contributed by atoms with van der Waals surface area (Å²) in [4.78, 5) is 0. The number of aromatic hydroxyl groups is 1. The first kappa shape index (κ1) is 10.4. The van der Waals surface area contributed by atoms with E-state index in [0.717, 1.165) is 12.0 Å². The fourth-order valence-electron chi connectivity index (χ4n) is 0.939. The minimum Gasteiger partial charge on any atom is -0.506 e. The van der Waals surface area contributed by atoms with Crippen LogP contribution in [0.25, 0.3) is 6.08 Å². The van der Waals surface area contributed by atoms with E-state index in [9.17, 15) is 5.11 Å². The van der Waals surface area contributed by atoms with Crippen LogP contribution in [-0.2, 0) is 0 Å². The largest absolute Gasteiger partial charge is 0.506 e. The van der Waals surface area contributed by atoms with E-state index in [4.69, 9.17) is 23.2 Å². The predicted octanol–water partition coefficient (Wildman–Crippen LogP) is 3.69. The van der Waals surface area contributed by atoms with Gasteiger partial charge < -0.3 is 5.11 Å². The Labute approximate surface area is 87.6 Å². The maximum Gasteiger partial charge on any atom is 0.134 e. The third-order valence-corrected chi connectivity index (χ3v) is 2.21. The molecule has 0 fully saturated rings. The third-order valence-electron chi connectivity index (χ3n) is 1.58. The molecule has 0 atom stereocenters. The molecule has 0 heterocycles. The van der Waals surface area contributed by atoms with Gasteiger partial charge in [-0.05, 0) is 18.1 Å². The van der Waals surface area contributed by atoms with E-state index in [0.29, 0.717) is 10.9 Å². The lowest BCUT2D eigenvalue weighted by molar-refractivity contribution is 0.475. The lowest BCUT2D eigenvalue weighted by Gasteiger charge is -1.99. The van der Waals surface area contributed by atoms with Gasteiger partial charge in [-0.1, -0.05) is 35.9 Å². The van der Waals surface area contributed by atoms with E-state index in [2.05, 4.69) is 0 Å². The van der Waals surface area contributed by atoms with Crippen LogP contribution in [-0.4, -0.2) is 11.0 Å². The summed E-state index contributed by atoms with van der Waals surface area (Å²) in [5.74, 6) is 0.696. The average Bonchev–Trinajstić information content (AvgIpc) is 2.13. The first-order chi connectivity index (χ1) is 6.25. The van der Waals surface area contributed by atoms with Gasteiger partial charge in [0.25, 0.3) is 0 Å². The molecular formula is C10H10Cl2O. The molecule has 0 bridgehead atoms. The van der Waals surface area contributed by atoms with Crippen LogP contribution in [0.15, 0.2) is 24.3 Å². The number of hydrogen-bond donors (Lipinski definition) is 1. The minimum absolute atomic E-state index is 0.106. The van der Waals surface area contributed by atoms with Crippen molar-refractivity contribution in [2.75, 3.05) is 5.88 Å². The van der Waals surface area contributed by atoms with Crippen LogP contribution in [0.3, 0.4) is 0 Å². The van der Waals surface area contributed by atoms with Gasteiger partial charge in [-0.15, -0.1) is 11.6 Å². The highest BCUT2D eigenvalue weighted by molar-refractivity contribution is 6.33. The van der Waals surface area contributed by atoms with Gasteiger partial charge in [0.1, 0.15) is 5.75 Å². The molecule has 1 aromatic carbocycles. The van der Waals surface area contributed by atoms with E-state index in [-0.39, 0.29) is 5.75 Å². The Morgan fingerprint density at radius 2 is 2.15 bits per heavy atom. The van der Waals surface area contributed by atoms with Gasteiger partial charge in [-0.2, -0.15) is 0 Å². The summed E-state index contributed by atoms with van der Waals surface area (Å²) in [6, 6.07) is 5.15. The van der Waals surface area contributed by atoms with Gasteiger partial charge in [0, 0.05) is 5.88 Å². The van der Waals surface area contributed by atoms with E-state index < -0.39 is 0 Å². The standard InChI is InChI=1S/C10H10Cl2O/c11-7-2-1-4-8-5-3-6-9(13)10(8)12/h1,3-6,13H,2,7H2. The number of phenolic OH excluding ortho intramolecular Hbond substituents is 1. The highest BCUT2D eigenvalue weighted by Crippen LogP contribution is 2.27. The van der Waals surface area contributed by atoms with Gasteiger partial charge in [0.05, 0.1) is 5.02 Å². The van der Waals surface area contributed by atoms with Crippen molar-refractivity contribution < 1.29 is 5.11 Å². The summed E-state index contributed by atoms with van der Waals surface area (Å²) in [6.45, 7) is 0. The first-order valence-corrected chi connectivity index (χ1v) is 4.87. The summed E-state index contributed by atoms with van der Waals surface area (Å²) in [5, 5.41) is 9.65. The van der Waals surface area contributed by atoms with E-state index in [1.807, 2.05) is 18.2 Å². The molecule has 0 aliphatic carbocycles. The highest BCUT2D eigenvalue weighted by Gasteiger charge is 2.00. The molecule has 0 unspecified atom stereocenters. The van der Waals surface area contributed by atoms with Crippen LogP contribution < -0.4 is 0 Å². The molecule has 1 nitrogen and oxygen atoms in total. The van der Waals surface area contributed by atoms with E-state index in [1.165, 1.54) is 0 Å². The zero-order chi connectivity index (χ0) is 9.68. The van der Waals surface area contributed by atoms with Crippen molar-refractivity contribution in [2.24, 2.45) is 0 Å². The van der Waals surface area contributed by atoms with Crippen LogP contribution in [0, 0.1) is 0 Å². The molecular weight excluding hydrogens is 207 g/mol. The number of phenols is 1. The zero-order valence-electron chi connectivity index (χ0n) is 7.00. The lowest BCUT2D eigenvalue weighted by Crippen LogP contribution is -1.76. The van der Waals surface area contributed by atoms with Gasteiger partial charge >= 0.3 is 0 Å². The molecule has 0 aliphatic heterocycles. The Hall–Kier alpha value is -0.660. The molecule has 1 N–H and O–H groups in total. The van der Waals surface area contributed by atoms with Gasteiger partial charge in [0.15, 0.2) is 0 Å². The number of hydrogen-bond acceptors (Lipinski definition) is 1. The number of benzene rings is 1. The van der Waals surface area contributed by atoms with Crippen LogP contribution >= 0.6 is 23.2 Å². The second-order valence-corrected chi connectivity index (χ2v) is 3.32. The Balaban J connectivity index is 2.83. The highest BCUT2D eigenvalue weighted by atomic mass is 35.5. The third kappa shape index (κ3) is 2.94. The van der Waals surface area contributed by atoms with Crippen molar-refractivity contribution in [2.45, 2.75) is 6.42 Å². The average molecular weight is 217 g/mol. The van der Waals surface area contributed by atoms with Gasteiger partial charge in [-0.3, -0.25) is 0 Å². The molecule has 0 spiro atoms. The molecule has 1 aromatic rings. The molecule has 0 amide bonds. The molecule has 0 radical (unpaired) electrons. The van der Waals surface area contributed by atoms with E-state index >= 15 is 0 Å². The smallest absolute Gasteiger partial charge is 0.134 e. The second-order valence-electron chi connectivity index (χ2n) is 2.56. The molecule has 0 saturated heterocycles. The Kier molecular flexibility index (Phi) is 4.13. The molecule has 0 saturated carbocycles. The summed E-state index contributed by atoms with van der Waals surface area (Å²) in [7, 11) is 0. The lowest BCUT2D eigenvalue weighted by atomic mass is 10.2. The number of rotatable bonds is 3. The molecule has 1 rings (SSSR count). The monoisotopic (exact) mass is 216 g/mol. The van der Waals surface area contributed by atoms with Crippen LogP contribution in [0.2, 0.25) is 5.02 Å². The number of halogens is 2. The second kappa shape index (κ2) is 5.15. The molecule has 70 valence electrons. The van der Waals surface area contributed by atoms with Gasteiger partial charge in [0.2, 0.25) is 0 Å². The fourth-order valence-corrected chi connectivity index (χ4v) is 1.25. The maximum atomic E-state index is 9.26. The van der Waals surface area contributed by atoms with Crippen molar-refractivity contribution >= 4 is 29.3 Å². The summed E-state index contributed by atoms with van der Waals surface area (Å²) in [6.07, 6.45) is 4.58.